The van der Waals surface area contributed by atoms with Gasteiger partial charge < -0.3 is 24.1 Å². The molecule has 0 unspecified atom stereocenters. The number of aromatic nitrogens is 3. The fourth-order valence-corrected chi connectivity index (χ4v) is 5.67. The van der Waals surface area contributed by atoms with Crippen LogP contribution in [-0.4, -0.2) is 67.5 Å². The Balaban J connectivity index is 1.23. The number of benzene rings is 1. The van der Waals surface area contributed by atoms with Crippen molar-refractivity contribution in [2.24, 2.45) is 5.41 Å². The summed E-state index contributed by atoms with van der Waals surface area (Å²) in [4.78, 5) is 28.0. The first kappa shape index (κ1) is 22.3. The van der Waals surface area contributed by atoms with Gasteiger partial charge in [-0.1, -0.05) is 6.07 Å². The molecule has 3 saturated heterocycles. The zero-order chi connectivity index (χ0) is 23.8. The Morgan fingerprint density at radius 1 is 1.20 bits per heavy atom. The van der Waals surface area contributed by atoms with Gasteiger partial charge in [0.15, 0.2) is 0 Å². The summed E-state index contributed by atoms with van der Waals surface area (Å²) in [5.74, 6) is 2.09. The number of H-pyrrole nitrogens is 1. The largest absolute Gasteiger partial charge is 0.494 e. The molecule has 1 atom stereocenters. The Labute approximate surface area is 204 Å². The fourth-order valence-electron chi connectivity index (χ4n) is 5.67. The minimum atomic E-state index is -0.225. The molecule has 3 fully saturated rings. The van der Waals surface area contributed by atoms with Crippen LogP contribution in [0.1, 0.15) is 47.5 Å². The third kappa shape index (κ3) is 4.23. The van der Waals surface area contributed by atoms with E-state index in [2.05, 4.69) is 26.3 Å². The highest BCUT2D eigenvalue weighted by atomic mass is 16.5. The predicted octanol–water partition coefficient (Wildman–Crippen LogP) is 3.73. The Hall–Kier alpha value is -3.17. The summed E-state index contributed by atoms with van der Waals surface area (Å²) < 4.78 is 16.7. The maximum Gasteiger partial charge on any atom is 0.258 e. The number of nitrogens with zero attached hydrogens (tertiary/aromatic N) is 3. The van der Waals surface area contributed by atoms with Crippen molar-refractivity contribution in [3.63, 3.8) is 0 Å². The molecule has 1 aromatic carbocycles. The molecule has 3 aliphatic rings. The summed E-state index contributed by atoms with van der Waals surface area (Å²) in [5, 5.41) is 2.94. The van der Waals surface area contributed by atoms with Crippen LogP contribution in [0.3, 0.4) is 0 Å². The van der Waals surface area contributed by atoms with Crippen LogP contribution in [-0.2, 0) is 9.47 Å². The van der Waals surface area contributed by atoms with Crippen LogP contribution in [0.4, 0.5) is 11.8 Å². The number of rotatable bonds is 5. The summed E-state index contributed by atoms with van der Waals surface area (Å²) in [6.07, 6.45) is 5.81. The Bertz CT molecular complexity index is 1230. The van der Waals surface area contributed by atoms with Crippen LogP contribution < -0.4 is 15.0 Å². The highest BCUT2D eigenvalue weighted by molar-refractivity contribution is 6.04. The first-order valence-corrected chi connectivity index (χ1v) is 12.4. The van der Waals surface area contributed by atoms with E-state index in [9.17, 15) is 4.79 Å². The molecule has 184 valence electrons. The van der Waals surface area contributed by atoms with Gasteiger partial charge in [-0.2, -0.15) is 0 Å². The number of anilines is 2. The molecule has 35 heavy (non-hydrogen) atoms. The molecule has 6 rings (SSSR count). The van der Waals surface area contributed by atoms with E-state index in [1.165, 1.54) is 0 Å². The van der Waals surface area contributed by atoms with Crippen molar-refractivity contribution in [3.8, 4) is 5.75 Å². The lowest BCUT2D eigenvalue weighted by atomic mass is 9.87. The first-order valence-electron chi connectivity index (χ1n) is 12.4. The number of imidazole rings is 1. The van der Waals surface area contributed by atoms with Crippen LogP contribution >= 0.6 is 0 Å². The minimum Gasteiger partial charge on any atom is -0.494 e. The predicted molar refractivity (Wildman–Crippen MR) is 132 cm³/mol. The third-order valence-electron chi connectivity index (χ3n) is 7.71. The molecule has 5 heterocycles. The number of amides is 1. The van der Waals surface area contributed by atoms with Crippen molar-refractivity contribution in [1.82, 2.24) is 15.0 Å². The van der Waals surface area contributed by atoms with Gasteiger partial charge in [-0.25, -0.2) is 9.97 Å². The van der Waals surface area contributed by atoms with Gasteiger partial charge in [0.2, 0.25) is 5.95 Å². The lowest BCUT2D eigenvalue weighted by Gasteiger charge is -2.22. The van der Waals surface area contributed by atoms with Crippen LogP contribution in [0.15, 0.2) is 30.5 Å². The lowest BCUT2D eigenvalue weighted by molar-refractivity contribution is 0.0856. The van der Waals surface area contributed by atoms with Crippen LogP contribution in [0.25, 0.3) is 11.0 Å². The van der Waals surface area contributed by atoms with Crippen molar-refractivity contribution in [2.75, 3.05) is 56.8 Å². The number of hydrogen-bond donors (Lipinski definition) is 2. The minimum absolute atomic E-state index is 0.225. The number of hydrogen-bond acceptors (Lipinski definition) is 7. The van der Waals surface area contributed by atoms with Gasteiger partial charge in [-0.15, -0.1) is 0 Å². The maximum atomic E-state index is 13.2. The topological polar surface area (TPSA) is 102 Å². The molecule has 9 heteroatoms. The van der Waals surface area contributed by atoms with Gasteiger partial charge in [-0.3, -0.25) is 10.1 Å². The summed E-state index contributed by atoms with van der Waals surface area (Å²) in [7, 11) is 1.64. The van der Waals surface area contributed by atoms with Crippen molar-refractivity contribution in [3.05, 3.63) is 41.6 Å². The second-order valence-corrected chi connectivity index (χ2v) is 9.88. The zero-order valence-electron chi connectivity index (χ0n) is 20.0. The molecule has 0 bridgehead atoms. The van der Waals surface area contributed by atoms with Gasteiger partial charge in [-0.05, 0) is 55.4 Å². The van der Waals surface area contributed by atoms with Crippen LogP contribution in [0, 0.1) is 5.41 Å². The van der Waals surface area contributed by atoms with Gasteiger partial charge in [0, 0.05) is 50.1 Å². The fraction of sp³-hybridized carbons (Fsp3) is 0.500. The van der Waals surface area contributed by atoms with Crippen molar-refractivity contribution in [1.29, 1.82) is 0 Å². The summed E-state index contributed by atoms with van der Waals surface area (Å²) in [6.45, 7) is 5.00. The van der Waals surface area contributed by atoms with Crippen LogP contribution in [0.2, 0.25) is 0 Å². The molecule has 2 N–H and O–H groups in total. The van der Waals surface area contributed by atoms with Crippen molar-refractivity contribution >= 4 is 28.7 Å². The van der Waals surface area contributed by atoms with E-state index in [0.717, 1.165) is 87.6 Å². The van der Waals surface area contributed by atoms with E-state index < -0.39 is 0 Å². The number of ether oxygens (including phenoxy) is 3. The zero-order valence-corrected chi connectivity index (χ0v) is 20.0. The van der Waals surface area contributed by atoms with E-state index in [1.807, 2.05) is 12.1 Å². The van der Waals surface area contributed by atoms with E-state index in [-0.39, 0.29) is 11.3 Å². The molecule has 1 amide bonds. The number of carbonyl (C=O) groups excluding carboxylic acids is 1. The number of aromatic amines is 1. The van der Waals surface area contributed by atoms with E-state index >= 15 is 0 Å². The van der Waals surface area contributed by atoms with Gasteiger partial charge in [0.05, 0.1) is 19.2 Å². The molecule has 0 aliphatic carbocycles. The first-order chi connectivity index (χ1) is 17.1. The summed E-state index contributed by atoms with van der Waals surface area (Å²) >= 11 is 0. The standard InChI is InChI=1S/C26H31N5O4/c1-33-20-3-2-19(17-5-11-34-12-6-17)22-23(20)29-25(28-22)30-24(32)18-4-9-27-21(14-18)31-10-7-26(15-31)8-13-35-16-26/h2-4,9,14,17H,5-8,10-13,15-16H2,1H3,(H2,28,29,30,32)/t26-/m1/s1. The highest BCUT2D eigenvalue weighted by Gasteiger charge is 2.41. The average molecular weight is 478 g/mol. The number of fused-ring (bicyclic) bond motifs is 1. The molecular formula is C26H31N5O4. The summed E-state index contributed by atoms with van der Waals surface area (Å²) in [5.41, 5.74) is 3.57. The molecule has 0 radical (unpaired) electrons. The van der Waals surface area contributed by atoms with Crippen molar-refractivity contribution < 1.29 is 19.0 Å². The Morgan fingerprint density at radius 3 is 2.89 bits per heavy atom. The summed E-state index contributed by atoms with van der Waals surface area (Å²) in [6, 6.07) is 7.64. The quantitative estimate of drug-likeness (QED) is 0.577. The molecular weight excluding hydrogens is 446 g/mol. The Kier molecular flexibility index (Phi) is 5.82. The molecule has 3 aliphatic heterocycles. The molecule has 0 saturated carbocycles. The maximum absolute atomic E-state index is 13.2. The molecule has 2 aromatic heterocycles. The molecule has 9 nitrogen and oxygen atoms in total. The second-order valence-electron chi connectivity index (χ2n) is 9.88. The highest BCUT2D eigenvalue weighted by Crippen LogP contribution is 2.40. The third-order valence-corrected chi connectivity index (χ3v) is 7.71. The smallest absolute Gasteiger partial charge is 0.258 e. The number of carbonyl (C=O) groups is 1. The average Bonchev–Trinajstić information content (AvgIpc) is 3.65. The van der Waals surface area contributed by atoms with Gasteiger partial charge >= 0.3 is 0 Å². The second kappa shape index (κ2) is 9.13. The SMILES string of the molecule is COc1ccc(C2CCOCC2)c2nc(NC(=O)c3ccnc(N4CC[C@@]5(CCOC5)C4)c3)[nH]c12. The number of methoxy groups -OCH3 is 1. The lowest BCUT2D eigenvalue weighted by Crippen LogP contribution is -2.28. The Morgan fingerprint density at radius 2 is 2.09 bits per heavy atom. The number of nitrogens with one attached hydrogen (secondary N) is 2. The van der Waals surface area contributed by atoms with Gasteiger partial charge in [0.1, 0.15) is 17.1 Å². The molecule has 3 aromatic rings. The molecule has 1 spiro atoms. The van der Waals surface area contributed by atoms with Gasteiger partial charge in [0.25, 0.3) is 5.91 Å². The van der Waals surface area contributed by atoms with E-state index in [1.54, 1.807) is 19.4 Å². The number of pyridine rings is 1. The van der Waals surface area contributed by atoms with Crippen molar-refractivity contribution in [2.45, 2.75) is 31.6 Å². The van der Waals surface area contributed by atoms with E-state index in [4.69, 9.17) is 19.2 Å². The van der Waals surface area contributed by atoms with Crippen LogP contribution in [0.5, 0.6) is 5.75 Å². The van der Waals surface area contributed by atoms with E-state index in [0.29, 0.717) is 23.2 Å². The monoisotopic (exact) mass is 477 g/mol. The normalized spacial score (nSPS) is 22.8.